The molecule has 0 heterocycles. The predicted octanol–water partition coefficient (Wildman–Crippen LogP) is 2.45. The summed E-state index contributed by atoms with van der Waals surface area (Å²) >= 11 is 0. The van der Waals surface area contributed by atoms with E-state index >= 15 is 0 Å². The second-order valence-electron chi connectivity index (χ2n) is 3.61. The highest BCUT2D eigenvalue weighted by Gasteiger charge is 2.09. The van der Waals surface area contributed by atoms with Gasteiger partial charge in [0, 0.05) is 6.42 Å². The molecule has 3 nitrogen and oxygen atoms in total. The van der Waals surface area contributed by atoms with Crippen molar-refractivity contribution in [2.45, 2.75) is 25.7 Å². The molecule has 0 fully saturated rings. The number of ether oxygens (including phenoxy) is 1. The van der Waals surface area contributed by atoms with Crippen LogP contribution in [0.25, 0.3) is 0 Å². The lowest BCUT2D eigenvalue weighted by Gasteiger charge is -2.10. The monoisotopic (exact) mass is 208 g/mol. The highest BCUT2D eigenvalue weighted by molar-refractivity contribution is 5.69. The molecule has 1 aromatic carbocycles. The molecule has 0 aliphatic carbocycles. The van der Waals surface area contributed by atoms with E-state index in [-0.39, 0.29) is 17.6 Å². The third-order valence-electron chi connectivity index (χ3n) is 2.45. The highest BCUT2D eigenvalue weighted by atomic mass is 16.5. The highest BCUT2D eigenvalue weighted by Crippen LogP contribution is 2.23. The summed E-state index contributed by atoms with van der Waals surface area (Å²) < 4.78 is 4.57. The minimum absolute atomic E-state index is 0.193. The molecule has 0 saturated heterocycles. The van der Waals surface area contributed by atoms with Gasteiger partial charge in [-0.25, -0.2) is 0 Å². The molecule has 0 aromatic heterocycles. The summed E-state index contributed by atoms with van der Waals surface area (Å²) in [5, 5.41) is 9.29. The van der Waals surface area contributed by atoms with Crippen molar-refractivity contribution in [1.82, 2.24) is 0 Å². The summed E-state index contributed by atoms with van der Waals surface area (Å²) in [6, 6.07) is 7.11. The summed E-state index contributed by atoms with van der Waals surface area (Å²) in [6.45, 7) is 2.03. The zero-order valence-electron chi connectivity index (χ0n) is 9.06. The number of benzene rings is 1. The van der Waals surface area contributed by atoms with Crippen molar-refractivity contribution in [3.8, 4) is 5.75 Å². The quantitative estimate of drug-likeness (QED) is 0.773. The Kier molecular flexibility index (Phi) is 4.16. The molecule has 0 aliphatic rings. The van der Waals surface area contributed by atoms with Gasteiger partial charge in [0.05, 0.1) is 7.11 Å². The maximum Gasteiger partial charge on any atom is 0.305 e. The van der Waals surface area contributed by atoms with Gasteiger partial charge in [-0.05, 0) is 30.0 Å². The molecule has 1 rings (SSSR count). The molecular weight excluding hydrogens is 192 g/mol. The van der Waals surface area contributed by atoms with E-state index in [9.17, 15) is 9.90 Å². The normalized spacial score (nSPS) is 12.1. The van der Waals surface area contributed by atoms with E-state index in [1.807, 2.05) is 13.0 Å². The Morgan fingerprint density at radius 1 is 1.53 bits per heavy atom. The Morgan fingerprint density at radius 2 is 2.27 bits per heavy atom. The van der Waals surface area contributed by atoms with Crippen LogP contribution < -0.4 is 0 Å². The van der Waals surface area contributed by atoms with Gasteiger partial charge in [-0.15, -0.1) is 0 Å². The zero-order chi connectivity index (χ0) is 11.3. The van der Waals surface area contributed by atoms with E-state index in [4.69, 9.17) is 0 Å². The lowest BCUT2D eigenvalue weighted by atomic mass is 9.96. The largest absolute Gasteiger partial charge is 0.508 e. The van der Waals surface area contributed by atoms with E-state index in [1.165, 1.54) is 7.11 Å². The topological polar surface area (TPSA) is 46.5 Å². The number of phenolic OH excluding ortho intramolecular Hbond substituents is 1. The molecule has 0 radical (unpaired) electrons. The van der Waals surface area contributed by atoms with Gasteiger partial charge in [0.15, 0.2) is 0 Å². The minimum Gasteiger partial charge on any atom is -0.508 e. The summed E-state index contributed by atoms with van der Waals surface area (Å²) in [5.74, 6) is 0.315. The summed E-state index contributed by atoms with van der Waals surface area (Å²) in [4.78, 5) is 10.9. The molecule has 0 saturated carbocycles. The lowest BCUT2D eigenvalue weighted by Crippen LogP contribution is -2.03. The number of esters is 1. The molecule has 0 spiro atoms. The Morgan fingerprint density at radius 3 is 2.87 bits per heavy atom. The Labute approximate surface area is 89.7 Å². The Hall–Kier alpha value is -1.51. The van der Waals surface area contributed by atoms with E-state index < -0.39 is 0 Å². The number of carbonyl (C=O) groups is 1. The van der Waals surface area contributed by atoms with Crippen LogP contribution in [0.15, 0.2) is 24.3 Å². The molecule has 3 heteroatoms. The van der Waals surface area contributed by atoms with Crippen LogP contribution in [-0.4, -0.2) is 18.2 Å². The van der Waals surface area contributed by atoms with Crippen molar-refractivity contribution < 1.29 is 14.6 Å². The average molecular weight is 208 g/mol. The molecule has 1 atom stereocenters. The van der Waals surface area contributed by atoms with Crippen molar-refractivity contribution >= 4 is 5.97 Å². The Bertz CT molecular complexity index is 333. The minimum atomic E-state index is -0.193. The summed E-state index contributed by atoms with van der Waals surface area (Å²) in [7, 11) is 1.39. The molecule has 0 bridgehead atoms. The first-order chi connectivity index (χ1) is 7.13. The van der Waals surface area contributed by atoms with Crippen molar-refractivity contribution in [1.29, 1.82) is 0 Å². The molecule has 1 N–H and O–H groups in total. The third-order valence-corrected chi connectivity index (χ3v) is 2.45. The predicted molar refractivity (Wildman–Crippen MR) is 57.8 cm³/mol. The standard InChI is InChI=1S/C12H16O3/c1-9(6-7-12(14)15-2)10-4-3-5-11(13)8-10/h3-5,8-9,13H,6-7H2,1-2H3. The van der Waals surface area contributed by atoms with Gasteiger partial charge in [0.25, 0.3) is 0 Å². The third kappa shape index (κ3) is 3.62. The molecule has 0 aliphatic heterocycles. The van der Waals surface area contributed by atoms with Gasteiger partial charge in [-0.3, -0.25) is 4.79 Å². The molecule has 15 heavy (non-hydrogen) atoms. The number of aromatic hydroxyl groups is 1. The average Bonchev–Trinajstić information content (AvgIpc) is 2.25. The fourth-order valence-corrected chi connectivity index (χ4v) is 1.43. The number of phenols is 1. The first-order valence-corrected chi connectivity index (χ1v) is 4.99. The van der Waals surface area contributed by atoms with Gasteiger partial charge in [-0.2, -0.15) is 0 Å². The van der Waals surface area contributed by atoms with Gasteiger partial charge in [0.2, 0.25) is 0 Å². The van der Waals surface area contributed by atoms with Gasteiger partial charge in [-0.1, -0.05) is 19.1 Å². The van der Waals surface area contributed by atoms with E-state index in [1.54, 1.807) is 18.2 Å². The molecule has 82 valence electrons. The maximum absolute atomic E-state index is 10.9. The molecule has 0 amide bonds. The second kappa shape index (κ2) is 5.39. The summed E-state index contributed by atoms with van der Waals surface area (Å²) in [6.07, 6.45) is 1.14. The van der Waals surface area contributed by atoms with Crippen LogP contribution in [0.4, 0.5) is 0 Å². The molecule has 1 aromatic rings. The van der Waals surface area contributed by atoms with Crippen LogP contribution in [0.1, 0.15) is 31.2 Å². The Balaban J connectivity index is 2.53. The lowest BCUT2D eigenvalue weighted by molar-refractivity contribution is -0.140. The van der Waals surface area contributed by atoms with Crippen LogP contribution in [-0.2, 0) is 9.53 Å². The van der Waals surface area contributed by atoms with Crippen LogP contribution in [0.5, 0.6) is 5.75 Å². The van der Waals surface area contributed by atoms with Crippen LogP contribution in [0.2, 0.25) is 0 Å². The van der Waals surface area contributed by atoms with E-state index in [2.05, 4.69) is 4.74 Å². The first kappa shape index (κ1) is 11.6. The van der Waals surface area contributed by atoms with Gasteiger partial charge in [0.1, 0.15) is 5.75 Å². The molecular formula is C12H16O3. The van der Waals surface area contributed by atoms with Crippen LogP contribution >= 0.6 is 0 Å². The fourth-order valence-electron chi connectivity index (χ4n) is 1.43. The number of methoxy groups -OCH3 is 1. The maximum atomic E-state index is 10.9. The van der Waals surface area contributed by atoms with Crippen molar-refractivity contribution in [3.05, 3.63) is 29.8 Å². The number of hydrogen-bond acceptors (Lipinski definition) is 3. The van der Waals surface area contributed by atoms with Crippen LogP contribution in [0.3, 0.4) is 0 Å². The number of rotatable bonds is 4. The van der Waals surface area contributed by atoms with E-state index in [0.29, 0.717) is 6.42 Å². The number of carbonyl (C=O) groups excluding carboxylic acids is 1. The summed E-state index contributed by atoms with van der Waals surface area (Å²) in [5.41, 5.74) is 1.04. The smallest absolute Gasteiger partial charge is 0.305 e. The second-order valence-corrected chi connectivity index (χ2v) is 3.61. The fraction of sp³-hybridized carbons (Fsp3) is 0.417. The van der Waals surface area contributed by atoms with Crippen molar-refractivity contribution in [2.24, 2.45) is 0 Å². The van der Waals surface area contributed by atoms with Crippen LogP contribution in [0, 0.1) is 0 Å². The van der Waals surface area contributed by atoms with Crippen molar-refractivity contribution in [3.63, 3.8) is 0 Å². The SMILES string of the molecule is COC(=O)CCC(C)c1cccc(O)c1. The van der Waals surface area contributed by atoms with Gasteiger partial charge < -0.3 is 9.84 Å². The molecule has 1 unspecified atom stereocenters. The van der Waals surface area contributed by atoms with Gasteiger partial charge >= 0.3 is 5.97 Å². The number of hydrogen-bond donors (Lipinski definition) is 1. The van der Waals surface area contributed by atoms with E-state index in [0.717, 1.165) is 12.0 Å². The first-order valence-electron chi connectivity index (χ1n) is 4.99. The zero-order valence-corrected chi connectivity index (χ0v) is 9.06. The van der Waals surface area contributed by atoms with Crippen molar-refractivity contribution in [2.75, 3.05) is 7.11 Å².